The molecule has 0 bridgehead atoms. The van der Waals surface area contributed by atoms with Crippen molar-refractivity contribution in [3.63, 3.8) is 0 Å². The van der Waals surface area contributed by atoms with Crippen LogP contribution in [0, 0.1) is 12.8 Å². The SMILES string of the molecule is Cc1cccc(NC(=O)c2ccc(OCCC(C)C)cc2)c1. The molecule has 0 aliphatic rings. The van der Waals surface area contributed by atoms with Crippen molar-refractivity contribution in [1.29, 1.82) is 0 Å². The number of anilines is 1. The zero-order chi connectivity index (χ0) is 15.9. The first-order valence-electron chi connectivity index (χ1n) is 7.65. The average Bonchev–Trinajstić information content (AvgIpc) is 2.47. The number of carbonyl (C=O) groups excluding carboxylic acids is 1. The zero-order valence-electron chi connectivity index (χ0n) is 13.4. The van der Waals surface area contributed by atoms with Crippen molar-refractivity contribution in [3.8, 4) is 5.75 Å². The Labute approximate surface area is 132 Å². The maximum atomic E-state index is 12.2. The van der Waals surface area contributed by atoms with Crippen LogP contribution in [0.4, 0.5) is 5.69 Å². The number of nitrogens with one attached hydrogen (secondary N) is 1. The predicted molar refractivity (Wildman–Crippen MR) is 90.5 cm³/mol. The highest BCUT2D eigenvalue weighted by atomic mass is 16.5. The Morgan fingerprint density at radius 3 is 2.50 bits per heavy atom. The molecule has 0 radical (unpaired) electrons. The topological polar surface area (TPSA) is 38.3 Å². The third kappa shape index (κ3) is 4.92. The molecule has 3 nitrogen and oxygen atoms in total. The van der Waals surface area contributed by atoms with Gasteiger partial charge in [-0.3, -0.25) is 4.79 Å². The second kappa shape index (κ2) is 7.64. The van der Waals surface area contributed by atoms with Crippen molar-refractivity contribution in [3.05, 3.63) is 59.7 Å². The average molecular weight is 297 g/mol. The molecule has 0 fully saturated rings. The number of benzene rings is 2. The van der Waals surface area contributed by atoms with Crippen molar-refractivity contribution >= 4 is 11.6 Å². The van der Waals surface area contributed by atoms with E-state index in [1.807, 2.05) is 43.3 Å². The number of amides is 1. The lowest BCUT2D eigenvalue weighted by molar-refractivity contribution is 0.102. The fraction of sp³-hybridized carbons (Fsp3) is 0.316. The fourth-order valence-corrected chi connectivity index (χ4v) is 2.04. The molecule has 0 saturated carbocycles. The van der Waals surface area contributed by atoms with Crippen LogP contribution in [0.3, 0.4) is 0 Å². The van der Waals surface area contributed by atoms with E-state index in [-0.39, 0.29) is 5.91 Å². The van der Waals surface area contributed by atoms with E-state index in [1.165, 1.54) is 0 Å². The highest BCUT2D eigenvalue weighted by molar-refractivity contribution is 6.04. The third-order valence-corrected chi connectivity index (χ3v) is 3.36. The van der Waals surface area contributed by atoms with E-state index in [4.69, 9.17) is 4.74 Å². The van der Waals surface area contributed by atoms with Gasteiger partial charge in [0, 0.05) is 11.3 Å². The van der Waals surface area contributed by atoms with Gasteiger partial charge >= 0.3 is 0 Å². The molecule has 0 aliphatic heterocycles. The molecule has 116 valence electrons. The first-order chi connectivity index (χ1) is 10.5. The lowest BCUT2D eigenvalue weighted by Crippen LogP contribution is -2.11. The number of rotatable bonds is 6. The van der Waals surface area contributed by atoms with Crippen LogP contribution in [0.5, 0.6) is 5.75 Å². The van der Waals surface area contributed by atoms with Gasteiger partial charge in [0.05, 0.1) is 6.61 Å². The molecule has 0 aromatic heterocycles. The van der Waals surface area contributed by atoms with E-state index in [9.17, 15) is 4.79 Å². The molecule has 2 aromatic carbocycles. The van der Waals surface area contributed by atoms with Crippen molar-refractivity contribution in [2.75, 3.05) is 11.9 Å². The summed E-state index contributed by atoms with van der Waals surface area (Å²) in [6.07, 6.45) is 1.02. The second-order valence-electron chi connectivity index (χ2n) is 5.88. The molecular formula is C19H23NO2. The van der Waals surface area contributed by atoms with E-state index in [0.717, 1.165) is 23.4 Å². The Hall–Kier alpha value is -2.29. The summed E-state index contributed by atoms with van der Waals surface area (Å²) in [5.74, 6) is 1.31. The van der Waals surface area contributed by atoms with Gasteiger partial charge in [-0.25, -0.2) is 0 Å². The Balaban J connectivity index is 1.93. The van der Waals surface area contributed by atoms with Crippen LogP contribution in [0.2, 0.25) is 0 Å². The number of carbonyl (C=O) groups is 1. The number of hydrogen-bond acceptors (Lipinski definition) is 2. The normalized spacial score (nSPS) is 10.5. The zero-order valence-corrected chi connectivity index (χ0v) is 13.4. The minimum absolute atomic E-state index is 0.112. The minimum atomic E-state index is -0.112. The Morgan fingerprint density at radius 1 is 1.14 bits per heavy atom. The standard InChI is InChI=1S/C19H23NO2/c1-14(2)11-12-22-18-9-7-16(8-10-18)19(21)20-17-6-4-5-15(3)13-17/h4-10,13-14H,11-12H2,1-3H3,(H,20,21). The maximum Gasteiger partial charge on any atom is 0.255 e. The summed E-state index contributed by atoms with van der Waals surface area (Å²) in [7, 11) is 0. The van der Waals surface area contributed by atoms with Crippen LogP contribution in [0.1, 0.15) is 36.2 Å². The van der Waals surface area contributed by atoms with E-state index in [2.05, 4.69) is 19.2 Å². The molecule has 0 heterocycles. The van der Waals surface area contributed by atoms with Crippen LogP contribution in [0.25, 0.3) is 0 Å². The van der Waals surface area contributed by atoms with Gasteiger partial charge in [-0.15, -0.1) is 0 Å². The quantitative estimate of drug-likeness (QED) is 0.841. The predicted octanol–water partition coefficient (Wildman–Crippen LogP) is 4.67. The molecular weight excluding hydrogens is 274 g/mol. The first-order valence-corrected chi connectivity index (χ1v) is 7.65. The summed E-state index contributed by atoms with van der Waals surface area (Å²) >= 11 is 0. The van der Waals surface area contributed by atoms with Crippen LogP contribution in [-0.2, 0) is 0 Å². The van der Waals surface area contributed by atoms with E-state index >= 15 is 0 Å². The molecule has 0 unspecified atom stereocenters. The summed E-state index contributed by atoms with van der Waals surface area (Å²) in [4.78, 5) is 12.2. The molecule has 1 amide bonds. The van der Waals surface area contributed by atoms with Crippen molar-refractivity contribution in [2.24, 2.45) is 5.92 Å². The number of aryl methyl sites for hydroxylation is 1. The van der Waals surface area contributed by atoms with Gasteiger partial charge in [0.25, 0.3) is 5.91 Å². The van der Waals surface area contributed by atoms with Crippen LogP contribution >= 0.6 is 0 Å². The fourth-order valence-electron chi connectivity index (χ4n) is 2.04. The van der Waals surface area contributed by atoms with Gasteiger partial charge in [0.1, 0.15) is 5.75 Å². The van der Waals surface area contributed by atoms with Crippen LogP contribution in [-0.4, -0.2) is 12.5 Å². The van der Waals surface area contributed by atoms with Crippen molar-refractivity contribution in [1.82, 2.24) is 0 Å². The Kier molecular flexibility index (Phi) is 5.59. The molecule has 0 atom stereocenters. The summed E-state index contributed by atoms with van der Waals surface area (Å²) in [6, 6.07) is 15.0. The summed E-state index contributed by atoms with van der Waals surface area (Å²) in [6.45, 7) is 7.04. The lowest BCUT2D eigenvalue weighted by Gasteiger charge is -2.09. The molecule has 0 saturated heterocycles. The van der Waals surface area contributed by atoms with Crippen LogP contribution in [0.15, 0.2) is 48.5 Å². The van der Waals surface area contributed by atoms with Gasteiger partial charge in [-0.2, -0.15) is 0 Å². The molecule has 0 aliphatic carbocycles. The largest absolute Gasteiger partial charge is 0.494 e. The maximum absolute atomic E-state index is 12.2. The Morgan fingerprint density at radius 2 is 1.86 bits per heavy atom. The minimum Gasteiger partial charge on any atom is -0.494 e. The van der Waals surface area contributed by atoms with Gasteiger partial charge < -0.3 is 10.1 Å². The van der Waals surface area contributed by atoms with Crippen molar-refractivity contribution < 1.29 is 9.53 Å². The van der Waals surface area contributed by atoms with Gasteiger partial charge in [0.15, 0.2) is 0 Å². The van der Waals surface area contributed by atoms with E-state index in [0.29, 0.717) is 18.1 Å². The second-order valence-corrected chi connectivity index (χ2v) is 5.88. The number of hydrogen-bond donors (Lipinski definition) is 1. The summed E-state index contributed by atoms with van der Waals surface area (Å²) in [5.41, 5.74) is 2.55. The summed E-state index contributed by atoms with van der Waals surface area (Å²) in [5, 5.41) is 2.90. The summed E-state index contributed by atoms with van der Waals surface area (Å²) < 4.78 is 5.65. The molecule has 2 rings (SSSR count). The molecule has 3 heteroatoms. The highest BCUT2D eigenvalue weighted by Crippen LogP contribution is 2.15. The molecule has 2 aromatic rings. The molecule has 1 N–H and O–H groups in total. The lowest BCUT2D eigenvalue weighted by atomic mass is 10.1. The monoisotopic (exact) mass is 297 g/mol. The van der Waals surface area contributed by atoms with Crippen molar-refractivity contribution in [2.45, 2.75) is 27.2 Å². The van der Waals surface area contributed by atoms with E-state index < -0.39 is 0 Å². The first kappa shape index (κ1) is 16.1. The van der Waals surface area contributed by atoms with Gasteiger partial charge in [-0.05, 0) is 61.2 Å². The van der Waals surface area contributed by atoms with Crippen LogP contribution < -0.4 is 10.1 Å². The highest BCUT2D eigenvalue weighted by Gasteiger charge is 2.06. The van der Waals surface area contributed by atoms with Gasteiger partial charge in [-0.1, -0.05) is 26.0 Å². The molecule has 0 spiro atoms. The van der Waals surface area contributed by atoms with E-state index in [1.54, 1.807) is 12.1 Å². The number of ether oxygens (including phenoxy) is 1. The van der Waals surface area contributed by atoms with Gasteiger partial charge in [0.2, 0.25) is 0 Å². The Bertz CT molecular complexity index is 618. The molecule has 22 heavy (non-hydrogen) atoms. The third-order valence-electron chi connectivity index (χ3n) is 3.36. The smallest absolute Gasteiger partial charge is 0.255 e.